The third-order valence-corrected chi connectivity index (χ3v) is 2.94. The lowest BCUT2D eigenvalue weighted by Crippen LogP contribution is -2.43. The molecule has 1 N–H and O–H groups in total. The molecule has 0 fully saturated rings. The quantitative estimate of drug-likeness (QED) is 0.755. The summed E-state index contributed by atoms with van der Waals surface area (Å²) in [6.07, 6.45) is 1.92. The maximum atomic E-state index is 11.6. The molecule has 0 radical (unpaired) electrons. The minimum Gasteiger partial charge on any atom is -0.465 e. The van der Waals surface area contributed by atoms with E-state index in [1.165, 1.54) is 5.56 Å². The molecular formula is C15H23NO2. The lowest BCUT2D eigenvalue weighted by molar-refractivity contribution is -0.145. The number of benzene rings is 1. The van der Waals surface area contributed by atoms with Crippen LogP contribution < -0.4 is 5.32 Å². The zero-order valence-corrected chi connectivity index (χ0v) is 11.5. The second-order valence-corrected chi connectivity index (χ2v) is 4.44. The second kappa shape index (κ2) is 7.88. The molecule has 2 unspecified atom stereocenters. The molecule has 1 aromatic rings. The molecule has 1 aromatic carbocycles. The molecule has 0 saturated carbocycles. The number of hydrogen-bond acceptors (Lipinski definition) is 3. The highest BCUT2D eigenvalue weighted by Gasteiger charge is 2.17. The topological polar surface area (TPSA) is 38.3 Å². The number of hydrogen-bond donors (Lipinski definition) is 1. The zero-order valence-electron chi connectivity index (χ0n) is 11.5. The van der Waals surface area contributed by atoms with Crippen molar-refractivity contribution in [2.45, 2.75) is 45.7 Å². The Morgan fingerprint density at radius 3 is 2.50 bits per heavy atom. The van der Waals surface area contributed by atoms with Gasteiger partial charge < -0.3 is 10.1 Å². The van der Waals surface area contributed by atoms with E-state index in [4.69, 9.17) is 4.74 Å². The van der Waals surface area contributed by atoms with Gasteiger partial charge in [-0.3, -0.25) is 4.79 Å². The summed E-state index contributed by atoms with van der Waals surface area (Å²) in [5.74, 6) is -0.177. The van der Waals surface area contributed by atoms with Gasteiger partial charge in [-0.25, -0.2) is 0 Å². The minimum absolute atomic E-state index is 0.177. The number of esters is 1. The van der Waals surface area contributed by atoms with Crippen molar-refractivity contribution in [1.82, 2.24) is 5.32 Å². The minimum atomic E-state index is -0.251. The largest absolute Gasteiger partial charge is 0.465 e. The van der Waals surface area contributed by atoms with Crippen molar-refractivity contribution in [2.75, 3.05) is 6.61 Å². The van der Waals surface area contributed by atoms with Gasteiger partial charge in [-0.15, -0.1) is 0 Å². The summed E-state index contributed by atoms with van der Waals surface area (Å²) in [7, 11) is 0. The van der Waals surface area contributed by atoms with E-state index in [-0.39, 0.29) is 12.0 Å². The van der Waals surface area contributed by atoms with Crippen molar-refractivity contribution >= 4 is 5.97 Å². The summed E-state index contributed by atoms with van der Waals surface area (Å²) in [6, 6.07) is 10.4. The average Bonchev–Trinajstić information content (AvgIpc) is 2.39. The molecule has 3 heteroatoms. The smallest absolute Gasteiger partial charge is 0.322 e. The van der Waals surface area contributed by atoms with Crippen LogP contribution in [0.3, 0.4) is 0 Å². The summed E-state index contributed by atoms with van der Waals surface area (Å²) in [6.45, 7) is 6.23. The molecule has 1 rings (SSSR count). The summed E-state index contributed by atoms with van der Waals surface area (Å²) >= 11 is 0. The maximum Gasteiger partial charge on any atom is 0.322 e. The Morgan fingerprint density at radius 1 is 1.28 bits per heavy atom. The molecule has 0 aliphatic carbocycles. The molecule has 0 bridgehead atoms. The van der Waals surface area contributed by atoms with E-state index < -0.39 is 0 Å². The first kappa shape index (κ1) is 14.7. The summed E-state index contributed by atoms with van der Waals surface area (Å²) in [4.78, 5) is 11.6. The Kier molecular flexibility index (Phi) is 6.44. The highest BCUT2D eigenvalue weighted by Crippen LogP contribution is 2.06. The van der Waals surface area contributed by atoms with E-state index >= 15 is 0 Å². The van der Waals surface area contributed by atoms with E-state index in [0.717, 1.165) is 12.8 Å². The van der Waals surface area contributed by atoms with Gasteiger partial charge in [0.1, 0.15) is 6.04 Å². The lowest BCUT2D eigenvalue weighted by atomic mass is 10.0. The molecule has 0 aromatic heterocycles. The number of ether oxygens (including phenoxy) is 1. The molecule has 2 atom stereocenters. The van der Waals surface area contributed by atoms with Crippen LogP contribution in [0.4, 0.5) is 0 Å². The average molecular weight is 249 g/mol. The molecule has 18 heavy (non-hydrogen) atoms. The summed E-state index contributed by atoms with van der Waals surface area (Å²) in [5.41, 5.74) is 1.29. The third kappa shape index (κ3) is 4.88. The van der Waals surface area contributed by atoms with Crippen molar-refractivity contribution in [1.29, 1.82) is 0 Å². The van der Waals surface area contributed by atoms with Gasteiger partial charge in [-0.1, -0.05) is 37.3 Å². The first-order valence-electron chi connectivity index (χ1n) is 6.64. The van der Waals surface area contributed by atoms with Gasteiger partial charge in [-0.05, 0) is 32.3 Å². The van der Waals surface area contributed by atoms with Gasteiger partial charge >= 0.3 is 5.97 Å². The van der Waals surface area contributed by atoms with Crippen LogP contribution in [0.15, 0.2) is 30.3 Å². The van der Waals surface area contributed by atoms with E-state index in [1.54, 1.807) is 0 Å². The van der Waals surface area contributed by atoms with Crippen LogP contribution in [0, 0.1) is 0 Å². The fourth-order valence-electron chi connectivity index (χ4n) is 1.91. The van der Waals surface area contributed by atoms with E-state index in [2.05, 4.69) is 24.4 Å². The van der Waals surface area contributed by atoms with E-state index in [0.29, 0.717) is 12.6 Å². The number of nitrogens with one attached hydrogen (secondary N) is 1. The maximum absolute atomic E-state index is 11.6. The van der Waals surface area contributed by atoms with Gasteiger partial charge in [0, 0.05) is 6.04 Å². The summed E-state index contributed by atoms with van der Waals surface area (Å²) in [5, 5.41) is 3.33. The van der Waals surface area contributed by atoms with Crippen LogP contribution in [0.5, 0.6) is 0 Å². The molecular weight excluding hydrogens is 226 g/mol. The normalized spacial score (nSPS) is 13.9. The summed E-state index contributed by atoms with van der Waals surface area (Å²) < 4.78 is 5.00. The first-order valence-corrected chi connectivity index (χ1v) is 6.64. The van der Waals surface area contributed by atoms with Crippen LogP contribution in [-0.4, -0.2) is 24.7 Å². The van der Waals surface area contributed by atoms with Crippen LogP contribution in [-0.2, 0) is 16.0 Å². The van der Waals surface area contributed by atoms with Crippen LogP contribution in [0.2, 0.25) is 0 Å². The molecule has 0 amide bonds. The van der Waals surface area contributed by atoms with Gasteiger partial charge in [0.2, 0.25) is 0 Å². The van der Waals surface area contributed by atoms with Crippen LogP contribution >= 0.6 is 0 Å². The van der Waals surface area contributed by atoms with Gasteiger partial charge in [0.15, 0.2) is 0 Å². The van der Waals surface area contributed by atoms with Crippen molar-refractivity contribution in [2.24, 2.45) is 0 Å². The predicted molar refractivity (Wildman–Crippen MR) is 73.5 cm³/mol. The zero-order chi connectivity index (χ0) is 13.4. The van der Waals surface area contributed by atoms with Crippen molar-refractivity contribution < 1.29 is 9.53 Å². The Labute approximate surface area is 110 Å². The van der Waals surface area contributed by atoms with Crippen LogP contribution in [0.25, 0.3) is 0 Å². The van der Waals surface area contributed by atoms with Crippen LogP contribution in [0.1, 0.15) is 32.8 Å². The monoisotopic (exact) mass is 249 g/mol. The molecule has 0 saturated heterocycles. The third-order valence-electron chi connectivity index (χ3n) is 2.94. The van der Waals surface area contributed by atoms with E-state index in [1.807, 2.05) is 32.0 Å². The van der Waals surface area contributed by atoms with Crippen molar-refractivity contribution in [3.8, 4) is 0 Å². The molecule has 0 aliphatic rings. The molecule has 0 spiro atoms. The Balaban J connectivity index is 2.49. The van der Waals surface area contributed by atoms with E-state index in [9.17, 15) is 4.79 Å². The Morgan fingerprint density at radius 2 is 1.94 bits per heavy atom. The predicted octanol–water partition coefficient (Wildman–Crippen LogP) is 2.55. The van der Waals surface area contributed by atoms with Crippen molar-refractivity contribution in [3.63, 3.8) is 0 Å². The van der Waals surface area contributed by atoms with Crippen molar-refractivity contribution in [3.05, 3.63) is 35.9 Å². The lowest BCUT2D eigenvalue weighted by Gasteiger charge is -2.21. The Hall–Kier alpha value is -1.35. The highest BCUT2D eigenvalue weighted by molar-refractivity contribution is 5.75. The van der Waals surface area contributed by atoms with Gasteiger partial charge in [-0.2, -0.15) is 0 Å². The Bertz CT molecular complexity index is 351. The molecule has 3 nitrogen and oxygen atoms in total. The fraction of sp³-hybridized carbons (Fsp3) is 0.533. The molecule has 0 heterocycles. The molecule has 0 aliphatic heterocycles. The molecule has 100 valence electrons. The fourth-order valence-corrected chi connectivity index (χ4v) is 1.91. The van der Waals surface area contributed by atoms with Gasteiger partial charge in [0.05, 0.1) is 6.61 Å². The number of carbonyl (C=O) groups excluding carboxylic acids is 1. The number of carbonyl (C=O) groups is 1. The first-order chi connectivity index (χ1) is 8.67. The highest BCUT2D eigenvalue weighted by atomic mass is 16.5. The SMILES string of the molecule is CCOC(=O)C(C)NC(CC)Cc1ccccc1. The second-order valence-electron chi connectivity index (χ2n) is 4.44. The number of rotatable bonds is 7. The standard InChI is InChI=1S/C15H23NO2/c1-4-14(11-13-9-7-6-8-10-13)16-12(3)15(17)18-5-2/h6-10,12,14,16H,4-5,11H2,1-3H3. The van der Waals surface area contributed by atoms with Gasteiger partial charge in [0.25, 0.3) is 0 Å².